The van der Waals surface area contributed by atoms with Crippen molar-refractivity contribution < 1.29 is 9.47 Å². The van der Waals surface area contributed by atoms with Gasteiger partial charge in [0.1, 0.15) is 5.75 Å². The average molecular weight is 387 g/mol. The van der Waals surface area contributed by atoms with Crippen LogP contribution in [0.4, 0.5) is 0 Å². The van der Waals surface area contributed by atoms with Crippen molar-refractivity contribution in [2.24, 2.45) is 22.2 Å². The summed E-state index contributed by atoms with van der Waals surface area (Å²) in [5, 5.41) is 0. The largest absolute Gasteiger partial charge is 0.464 e. The third-order valence-electron chi connectivity index (χ3n) is 7.00. The highest BCUT2D eigenvalue weighted by Gasteiger charge is 2.51. The molecule has 28 heavy (non-hydrogen) atoms. The number of benzene rings is 1. The van der Waals surface area contributed by atoms with E-state index < -0.39 is 0 Å². The van der Waals surface area contributed by atoms with Crippen molar-refractivity contribution in [3.8, 4) is 5.75 Å². The zero-order chi connectivity index (χ0) is 20.6. The predicted octanol–water partition coefficient (Wildman–Crippen LogP) is 7.57. The van der Waals surface area contributed by atoms with Crippen molar-refractivity contribution in [3.05, 3.63) is 29.8 Å². The molecule has 2 aliphatic rings. The van der Waals surface area contributed by atoms with Crippen LogP contribution in [0.2, 0.25) is 0 Å². The predicted molar refractivity (Wildman–Crippen MR) is 118 cm³/mol. The summed E-state index contributed by atoms with van der Waals surface area (Å²) in [7, 11) is 0. The zero-order valence-corrected chi connectivity index (χ0v) is 19.3. The number of hydrogen-bond donors (Lipinski definition) is 0. The highest BCUT2D eigenvalue weighted by molar-refractivity contribution is 5.31. The summed E-state index contributed by atoms with van der Waals surface area (Å²) in [5.74, 6) is 2.39. The average Bonchev–Trinajstić information content (AvgIpc) is 3.21. The van der Waals surface area contributed by atoms with Crippen LogP contribution in [0.5, 0.6) is 5.75 Å². The highest BCUT2D eigenvalue weighted by Crippen LogP contribution is 2.57. The minimum atomic E-state index is -0.0937. The molecule has 0 spiro atoms. The first-order valence-corrected chi connectivity index (χ1v) is 11.4. The quantitative estimate of drug-likeness (QED) is 0.450. The molecule has 0 saturated heterocycles. The van der Waals surface area contributed by atoms with E-state index in [4.69, 9.17) is 9.47 Å². The Morgan fingerprint density at radius 1 is 1.00 bits per heavy atom. The maximum Gasteiger partial charge on any atom is 0.205 e. The van der Waals surface area contributed by atoms with Crippen LogP contribution in [0.3, 0.4) is 0 Å². The van der Waals surface area contributed by atoms with E-state index >= 15 is 0 Å². The Morgan fingerprint density at radius 2 is 1.61 bits per heavy atom. The fourth-order valence-corrected chi connectivity index (χ4v) is 5.49. The summed E-state index contributed by atoms with van der Waals surface area (Å²) >= 11 is 0. The van der Waals surface area contributed by atoms with Gasteiger partial charge < -0.3 is 9.47 Å². The van der Waals surface area contributed by atoms with Gasteiger partial charge in [0.15, 0.2) is 0 Å². The van der Waals surface area contributed by atoms with Crippen LogP contribution < -0.4 is 4.74 Å². The van der Waals surface area contributed by atoms with Crippen molar-refractivity contribution in [1.29, 1.82) is 0 Å². The molecule has 2 heteroatoms. The summed E-state index contributed by atoms with van der Waals surface area (Å²) in [4.78, 5) is 0. The van der Waals surface area contributed by atoms with Gasteiger partial charge in [-0.15, -0.1) is 0 Å². The molecule has 2 fully saturated rings. The third kappa shape index (κ3) is 4.93. The smallest absolute Gasteiger partial charge is 0.205 e. The molecular weight excluding hydrogens is 344 g/mol. The van der Waals surface area contributed by atoms with Crippen molar-refractivity contribution >= 4 is 0 Å². The fourth-order valence-electron chi connectivity index (χ4n) is 5.49. The van der Waals surface area contributed by atoms with Crippen LogP contribution in [0.25, 0.3) is 0 Å². The van der Waals surface area contributed by atoms with Gasteiger partial charge in [0.2, 0.25) is 6.29 Å². The van der Waals surface area contributed by atoms with Crippen LogP contribution >= 0.6 is 0 Å². The van der Waals surface area contributed by atoms with E-state index in [-0.39, 0.29) is 17.1 Å². The minimum absolute atomic E-state index is 0.0937. The molecule has 158 valence electrons. The van der Waals surface area contributed by atoms with E-state index in [2.05, 4.69) is 72.7 Å². The Labute approximate surface area is 173 Å². The zero-order valence-electron chi connectivity index (χ0n) is 19.3. The standard InChI is InChI=1S/C26H42O2/c1-8-27-23(26-15-13-19(17-26)14-16-26)28-21-11-9-20(10-12-21)22(25(5,6)7)18-24(2,3)4/h9-12,19,22-23H,8,13-18H2,1-7H3. The molecule has 2 aliphatic carbocycles. The Morgan fingerprint density at radius 3 is 2.04 bits per heavy atom. The molecule has 0 N–H and O–H groups in total. The molecule has 1 aromatic carbocycles. The maximum absolute atomic E-state index is 6.46. The van der Waals surface area contributed by atoms with Crippen LogP contribution in [-0.4, -0.2) is 12.9 Å². The van der Waals surface area contributed by atoms with Gasteiger partial charge in [-0.1, -0.05) is 53.7 Å². The molecule has 0 aromatic heterocycles. The third-order valence-corrected chi connectivity index (χ3v) is 7.00. The van der Waals surface area contributed by atoms with Gasteiger partial charge >= 0.3 is 0 Å². The monoisotopic (exact) mass is 386 g/mol. The Hall–Kier alpha value is -1.02. The normalized spacial score (nSPS) is 27.0. The Kier molecular flexibility index (Phi) is 6.21. The van der Waals surface area contributed by atoms with Gasteiger partial charge in [0, 0.05) is 12.0 Å². The van der Waals surface area contributed by atoms with Gasteiger partial charge in [-0.25, -0.2) is 0 Å². The minimum Gasteiger partial charge on any atom is -0.464 e. The number of hydrogen-bond acceptors (Lipinski definition) is 2. The van der Waals surface area contributed by atoms with Gasteiger partial charge in [0.05, 0.1) is 0 Å². The van der Waals surface area contributed by atoms with Crippen molar-refractivity contribution in [3.63, 3.8) is 0 Å². The molecule has 2 saturated carbocycles. The molecule has 2 unspecified atom stereocenters. The number of ether oxygens (including phenoxy) is 2. The number of fused-ring (bicyclic) bond motifs is 2. The van der Waals surface area contributed by atoms with E-state index in [0.717, 1.165) is 11.7 Å². The van der Waals surface area contributed by atoms with E-state index in [1.165, 1.54) is 44.1 Å². The maximum atomic E-state index is 6.46. The first-order valence-electron chi connectivity index (χ1n) is 11.4. The molecule has 3 rings (SSSR count). The van der Waals surface area contributed by atoms with Gasteiger partial charge in [-0.05, 0) is 85.8 Å². The van der Waals surface area contributed by atoms with Crippen LogP contribution in [0.1, 0.15) is 98.5 Å². The van der Waals surface area contributed by atoms with E-state index in [1.54, 1.807) is 0 Å². The topological polar surface area (TPSA) is 18.5 Å². The summed E-state index contributed by atoms with van der Waals surface area (Å²) in [6, 6.07) is 8.90. The van der Waals surface area contributed by atoms with E-state index in [9.17, 15) is 0 Å². The lowest BCUT2D eigenvalue weighted by Gasteiger charge is -2.37. The van der Waals surface area contributed by atoms with Crippen molar-refractivity contribution in [1.82, 2.24) is 0 Å². The molecule has 1 aromatic rings. The first-order chi connectivity index (χ1) is 13.0. The second-order valence-electron chi connectivity index (χ2n) is 11.7. The molecular formula is C26H42O2. The van der Waals surface area contributed by atoms with Gasteiger partial charge in [0.25, 0.3) is 0 Å². The molecule has 0 radical (unpaired) electrons. The van der Waals surface area contributed by atoms with E-state index in [1.807, 2.05) is 0 Å². The molecule has 2 bridgehead atoms. The first kappa shape index (κ1) is 21.7. The Balaban J connectivity index is 1.75. The van der Waals surface area contributed by atoms with Crippen LogP contribution in [0.15, 0.2) is 24.3 Å². The second-order valence-corrected chi connectivity index (χ2v) is 11.7. The summed E-state index contributed by atoms with van der Waals surface area (Å²) in [6.45, 7) is 16.9. The molecule has 0 amide bonds. The lowest BCUT2D eigenvalue weighted by molar-refractivity contribution is -0.152. The van der Waals surface area contributed by atoms with Crippen molar-refractivity contribution in [2.45, 2.75) is 99.2 Å². The molecule has 2 atom stereocenters. The summed E-state index contributed by atoms with van der Waals surface area (Å²) in [6.07, 6.45) is 7.61. The van der Waals surface area contributed by atoms with Crippen LogP contribution in [-0.2, 0) is 4.74 Å². The SMILES string of the molecule is CCOC(Oc1ccc(C(CC(C)(C)C)C(C)(C)C)cc1)C12CCC(CC1)C2. The lowest BCUT2D eigenvalue weighted by Crippen LogP contribution is -2.38. The summed E-state index contributed by atoms with van der Waals surface area (Å²) < 4.78 is 12.6. The second kappa shape index (κ2) is 8.01. The van der Waals surface area contributed by atoms with Gasteiger partial charge in [-0.3, -0.25) is 0 Å². The fraction of sp³-hybridized carbons (Fsp3) is 0.769. The van der Waals surface area contributed by atoms with Crippen molar-refractivity contribution in [2.75, 3.05) is 6.61 Å². The highest BCUT2D eigenvalue weighted by atomic mass is 16.7. The Bertz CT molecular complexity index is 624. The molecule has 0 heterocycles. The van der Waals surface area contributed by atoms with Gasteiger partial charge in [-0.2, -0.15) is 0 Å². The lowest BCUT2D eigenvalue weighted by atomic mass is 9.69. The van der Waals surface area contributed by atoms with Crippen LogP contribution in [0, 0.1) is 22.2 Å². The summed E-state index contributed by atoms with van der Waals surface area (Å²) in [5.41, 5.74) is 2.22. The molecule has 2 nitrogen and oxygen atoms in total. The molecule has 0 aliphatic heterocycles. The van der Waals surface area contributed by atoms with E-state index in [0.29, 0.717) is 17.9 Å². The number of rotatable bonds is 7.